The lowest BCUT2D eigenvalue weighted by atomic mass is 10.0. The third-order valence-electron chi connectivity index (χ3n) is 2.22. The Bertz CT molecular complexity index is 513. The van der Waals surface area contributed by atoms with E-state index in [2.05, 4.69) is 15.1 Å². The summed E-state index contributed by atoms with van der Waals surface area (Å²) in [4.78, 5) is 8.49. The number of nitrogens with two attached hydrogens (primary N) is 1. The lowest BCUT2D eigenvalue weighted by molar-refractivity contribution is 0.348. The van der Waals surface area contributed by atoms with E-state index in [9.17, 15) is 0 Å². The van der Waals surface area contributed by atoms with Crippen molar-refractivity contribution in [3.05, 3.63) is 29.8 Å². The van der Waals surface area contributed by atoms with Gasteiger partial charge in [0.15, 0.2) is 0 Å². The van der Waals surface area contributed by atoms with Crippen LogP contribution in [0.5, 0.6) is 0 Å². The molecule has 0 bridgehead atoms. The van der Waals surface area contributed by atoms with Crippen LogP contribution in [0.1, 0.15) is 25.3 Å². The average Bonchev–Trinajstić information content (AvgIpc) is 2.63. The van der Waals surface area contributed by atoms with Crippen LogP contribution in [-0.4, -0.2) is 20.7 Å². The Kier molecular flexibility index (Phi) is 2.93. The molecule has 2 heterocycles. The molecule has 0 radical (unpaired) electrons. The summed E-state index contributed by atoms with van der Waals surface area (Å²) < 4.78 is 5.15. The SMILES string of the molecule is Cc1ccnc(-c2noc(CC(C)(C)N)n2)c1. The summed E-state index contributed by atoms with van der Waals surface area (Å²) in [5.41, 5.74) is 7.37. The summed E-state index contributed by atoms with van der Waals surface area (Å²) in [5, 5.41) is 3.91. The van der Waals surface area contributed by atoms with Crippen LogP contribution in [0.3, 0.4) is 0 Å². The normalized spacial score (nSPS) is 11.8. The molecule has 0 aliphatic carbocycles. The quantitative estimate of drug-likeness (QED) is 0.871. The first kappa shape index (κ1) is 11.7. The van der Waals surface area contributed by atoms with Crippen molar-refractivity contribution in [1.29, 1.82) is 0 Å². The molecule has 0 amide bonds. The molecule has 90 valence electrons. The van der Waals surface area contributed by atoms with E-state index < -0.39 is 0 Å². The molecular formula is C12H16N4O. The Morgan fingerprint density at radius 3 is 2.82 bits per heavy atom. The van der Waals surface area contributed by atoms with Gasteiger partial charge in [0, 0.05) is 18.2 Å². The predicted molar refractivity (Wildman–Crippen MR) is 64.2 cm³/mol. The second kappa shape index (κ2) is 4.25. The number of aryl methyl sites for hydroxylation is 1. The van der Waals surface area contributed by atoms with E-state index >= 15 is 0 Å². The van der Waals surface area contributed by atoms with Crippen LogP contribution in [0, 0.1) is 6.92 Å². The van der Waals surface area contributed by atoms with E-state index in [1.165, 1.54) is 0 Å². The maximum absolute atomic E-state index is 5.90. The summed E-state index contributed by atoms with van der Waals surface area (Å²) in [7, 11) is 0. The summed E-state index contributed by atoms with van der Waals surface area (Å²) in [6, 6.07) is 3.84. The lowest BCUT2D eigenvalue weighted by Gasteiger charge is -2.14. The van der Waals surface area contributed by atoms with E-state index in [4.69, 9.17) is 10.3 Å². The maximum Gasteiger partial charge on any atom is 0.228 e. The Balaban J connectivity index is 2.24. The van der Waals surface area contributed by atoms with Gasteiger partial charge in [0.25, 0.3) is 0 Å². The van der Waals surface area contributed by atoms with Crippen molar-refractivity contribution in [3.8, 4) is 11.5 Å². The predicted octanol–water partition coefficient (Wildman–Crippen LogP) is 1.72. The third kappa shape index (κ3) is 3.10. The van der Waals surface area contributed by atoms with Gasteiger partial charge in [-0.25, -0.2) is 0 Å². The smallest absolute Gasteiger partial charge is 0.228 e. The molecule has 2 N–H and O–H groups in total. The average molecular weight is 232 g/mol. The van der Waals surface area contributed by atoms with E-state index in [1.54, 1.807) is 6.20 Å². The molecule has 0 unspecified atom stereocenters. The van der Waals surface area contributed by atoms with Gasteiger partial charge in [-0.2, -0.15) is 4.98 Å². The highest BCUT2D eigenvalue weighted by Gasteiger charge is 2.17. The Morgan fingerprint density at radius 2 is 2.18 bits per heavy atom. The molecule has 0 atom stereocenters. The van der Waals surface area contributed by atoms with Crippen LogP contribution >= 0.6 is 0 Å². The number of aromatic nitrogens is 3. The molecule has 2 rings (SSSR count). The Morgan fingerprint density at radius 1 is 1.41 bits per heavy atom. The molecule has 2 aromatic rings. The molecule has 0 saturated heterocycles. The first-order valence-electron chi connectivity index (χ1n) is 5.48. The van der Waals surface area contributed by atoms with Gasteiger partial charge in [-0.05, 0) is 38.5 Å². The largest absolute Gasteiger partial charge is 0.339 e. The van der Waals surface area contributed by atoms with Crippen LogP contribution in [0.2, 0.25) is 0 Å². The minimum atomic E-state index is -0.357. The first-order chi connectivity index (χ1) is 7.94. The zero-order valence-electron chi connectivity index (χ0n) is 10.3. The number of hydrogen-bond donors (Lipinski definition) is 1. The van der Waals surface area contributed by atoms with Crippen molar-refractivity contribution in [2.75, 3.05) is 0 Å². The minimum absolute atomic E-state index is 0.357. The Labute approximate surface area is 100 Å². The van der Waals surface area contributed by atoms with E-state index in [1.807, 2.05) is 32.9 Å². The highest BCUT2D eigenvalue weighted by atomic mass is 16.5. The molecule has 0 aliphatic rings. The number of pyridine rings is 1. The summed E-state index contributed by atoms with van der Waals surface area (Å²) in [6.45, 7) is 5.83. The van der Waals surface area contributed by atoms with Crippen molar-refractivity contribution in [3.63, 3.8) is 0 Å². The molecule has 0 fully saturated rings. The van der Waals surface area contributed by atoms with Gasteiger partial charge in [-0.1, -0.05) is 5.16 Å². The monoisotopic (exact) mass is 232 g/mol. The fourth-order valence-electron chi connectivity index (χ4n) is 1.48. The fraction of sp³-hybridized carbons (Fsp3) is 0.417. The summed E-state index contributed by atoms with van der Waals surface area (Å²) in [6.07, 6.45) is 2.28. The molecule has 0 aliphatic heterocycles. The van der Waals surface area contributed by atoms with E-state index in [0.717, 1.165) is 11.3 Å². The van der Waals surface area contributed by atoms with Crippen LogP contribution in [0.15, 0.2) is 22.9 Å². The summed E-state index contributed by atoms with van der Waals surface area (Å²) in [5.74, 6) is 1.05. The van der Waals surface area contributed by atoms with E-state index in [-0.39, 0.29) is 5.54 Å². The molecule has 0 aromatic carbocycles. The zero-order chi connectivity index (χ0) is 12.5. The second-order valence-corrected chi connectivity index (χ2v) is 4.90. The maximum atomic E-state index is 5.90. The number of nitrogens with zero attached hydrogens (tertiary/aromatic N) is 3. The molecule has 0 spiro atoms. The number of rotatable bonds is 3. The highest BCUT2D eigenvalue weighted by molar-refractivity contribution is 5.48. The topological polar surface area (TPSA) is 77.8 Å². The standard InChI is InChI=1S/C12H16N4O/c1-8-4-5-14-9(6-8)11-15-10(17-16-11)7-12(2,3)13/h4-6H,7,13H2,1-3H3. The molecule has 17 heavy (non-hydrogen) atoms. The molecule has 5 nitrogen and oxygen atoms in total. The van der Waals surface area contributed by atoms with Crippen molar-refractivity contribution in [2.24, 2.45) is 5.73 Å². The van der Waals surface area contributed by atoms with Crippen molar-refractivity contribution < 1.29 is 4.52 Å². The van der Waals surface area contributed by atoms with Crippen molar-refractivity contribution in [2.45, 2.75) is 32.7 Å². The van der Waals surface area contributed by atoms with Gasteiger partial charge < -0.3 is 10.3 Å². The molecule has 0 saturated carbocycles. The van der Waals surface area contributed by atoms with E-state index in [0.29, 0.717) is 18.1 Å². The van der Waals surface area contributed by atoms with Crippen LogP contribution in [0.4, 0.5) is 0 Å². The lowest BCUT2D eigenvalue weighted by Crippen LogP contribution is -2.34. The molecular weight excluding hydrogens is 216 g/mol. The molecule has 5 heteroatoms. The molecule has 2 aromatic heterocycles. The zero-order valence-corrected chi connectivity index (χ0v) is 10.3. The van der Waals surface area contributed by atoms with Crippen molar-refractivity contribution in [1.82, 2.24) is 15.1 Å². The number of hydrogen-bond acceptors (Lipinski definition) is 5. The summed E-state index contributed by atoms with van der Waals surface area (Å²) >= 11 is 0. The van der Waals surface area contributed by atoms with Gasteiger partial charge in [0.1, 0.15) is 5.69 Å². The Hall–Kier alpha value is -1.75. The van der Waals surface area contributed by atoms with Gasteiger partial charge in [0.2, 0.25) is 11.7 Å². The van der Waals surface area contributed by atoms with Gasteiger partial charge in [-0.3, -0.25) is 4.98 Å². The second-order valence-electron chi connectivity index (χ2n) is 4.90. The highest BCUT2D eigenvalue weighted by Crippen LogP contribution is 2.16. The minimum Gasteiger partial charge on any atom is -0.339 e. The first-order valence-corrected chi connectivity index (χ1v) is 5.48. The fourth-order valence-corrected chi connectivity index (χ4v) is 1.48. The van der Waals surface area contributed by atoms with Gasteiger partial charge in [-0.15, -0.1) is 0 Å². The van der Waals surface area contributed by atoms with Crippen LogP contribution in [-0.2, 0) is 6.42 Å². The van der Waals surface area contributed by atoms with Crippen LogP contribution < -0.4 is 5.73 Å². The van der Waals surface area contributed by atoms with Gasteiger partial charge >= 0.3 is 0 Å². The third-order valence-corrected chi connectivity index (χ3v) is 2.22. The van der Waals surface area contributed by atoms with Crippen LogP contribution in [0.25, 0.3) is 11.5 Å². The van der Waals surface area contributed by atoms with Crippen molar-refractivity contribution >= 4 is 0 Å². The van der Waals surface area contributed by atoms with Gasteiger partial charge in [0.05, 0.1) is 0 Å².